The minimum absolute atomic E-state index is 0.0670. The fourth-order valence-electron chi connectivity index (χ4n) is 2.60. The van der Waals surface area contributed by atoms with Gasteiger partial charge in [0.25, 0.3) is 0 Å². The van der Waals surface area contributed by atoms with Crippen LogP contribution in [0.2, 0.25) is 0 Å². The predicted molar refractivity (Wildman–Crippen MR) is 76.4 cm³/mol. The summed E-state index contributed by atoms with van der Waals surface area (Å²) < 4.78 is 13.6. The molecule has 1 aromatic carbocycles. The molecular weight excluding hydrogens is 257 g/mol. The second-order valence-corrected chi connectivity index (χ2v) is 6.46. The highest BCUT2D eigenvalue weighted by Gasteiger charge is 2.26. The summed E-state index contributed by atoms with van der Waals surface area (Å²) in [6.07, 6.45) is 2.17. The van der Waals surface area contributed by atoms with Crippen molar-refractivity contribution in [3.8, 4) is 5.75 Å². The summed E-state index contributed by atoms with van der Waals surface area (Å²) in [5.74, 6) is -0.868. The molecule has 0 radical (unpaired) electrons. The normalized spacial score (nSPS) is 19.0. The summed E-state index contributed by atoms with van der Waals surface area (Å²) in [4.78, 5) is 13.6. The van der Waals surface area contributed by atoms with Crippen molar-refractivity contribution in [2.75, 3.05) is 13.1 Å². The molecular formula is C16H22FNO2. The second kappa shape index (κ2) is 5.52. The Morgan fingerprint density at radius 3 is 2.50 bits per heavy atom. The Hall–Kier alpha value is -1.42. The highest BCUT2D eigenvalue weighted by atomic mass is 19.1. The van der Waals surface area contributed by atoms with E-state index >= 15 is 0 Å². The molecule has 1 aliphatic heterocycles. The zero-order valence-electron chi connectivity index (χ0n) is 12.4. The molecule has 0 aliphatic carbocycles. The molecule has 1 heterocycles. The quantitative estimate of drug-likeness (QED) is 0.863. The smallest absolute Gasteiger partial charge is 0.163 e. The number of aromatic hydroxyl groups is 1. The zero-order chi connectivity index (χ0) is 14.9. The third kappa shape index (κ3) is 3.37. The van der Waals surface area contributed by atoms with E-state index in [-0.39, 0.29) is 17.1 Å². The van der Waals surface area contributed by atoms with Crippen molar-refractivity contribution in [1.82, 2.24) is 4.90 Å². The third-order valence-corrected chi connectivity index (χ3v) is 4.14. The second-order valence-electron chi connectivity index (χ2n) is 6.46. The molecule has 0 aromatic heterocycles. The van der Waals surface area contributed by atoms with Gasteiger partial charge in [-0.05, 0) is 50.4 Å². The zero-order valence-corrected chi connectivity index (χ0v) is 12.4. The van der Waals surface area contributed by atoms with E-state index in [4.69, 9.17) is 0 Å². The number of hydrogen-bond donors (Lipinski definition) is 1. The van der Waals surface area contributed by atoms with Crippen LogP contribution < -0.4 is 0 Å². The Bertz CT molecular complexity index is 515. The van der Waals surface area contributed by atoms with Crippen LogP contribution in [0.15, 0.2) is 12.1 Å². The maximum Gasteiger partial charge on any atom is 0.163 e. The molecule has 110 valence electrons. The average Bonchev–Trinajstić information content (AvgIpc) is 2.35. The van der Waals surface area contributed by atoms with Crippen LogP contribution in [0.3, 0.4) is 0 Å². The third-order valence-electron chi connectivity index (χ3n) is 4.14. The summed E-state index contributed by atoms with van der Waals surface area (Å²) in [7, 11) is 0. The van der Waals surface area contributed by atoms with Gasteiger partial charge in [-0.25, -0.2) is 4.39 Å². The van der Waals surface area contributed by atoms with Gasteiger partial charge < -0.3 is 5.11 Å². The molecule has 0 unspecified atom stereocenters. The molecule has 3 nitrogen and oxygen atoms in total. The van der Waals surface area contributed by atoms with Crippen molar-refractivity contribution >= 4 is 5.78 Å². The SMILES string of the molecule is CC(=O)c1cc(F)cc(CN2CCC(C)(C)CC2)c1O. The van der Waals surface area contributed by atoms with Crippen LogP contribution in [-0.4, -0.2) is 28.9 Å². The number of piperidine rings is 1. The molecule has 4 heteroatoms. The van der Waals surface area contributed by atoms with Gasteiger partial charge in [0.1, 0.15) is 11.6 Å². The number of rotatable bonds is 3. The number of carbonyl (C=O) groups excluding carboxylic acids is 1. The first-order valence-corrected chi connectivity index (χ1v) is 7.03. The number of carbonyl (C=O) groups is 1. The Morgan fingerprint density at radius 1 is 1.35 bits per heavy atom. The topological polar surface area (TPSA) is 40.5 Å². The van der Waals surface area contributed by atoms with Gasteiger partial charge in [0.05, 0.1) is 5.56 Å². The van der Waals surface area contributed by atoms with Crippen molar-refractivity contribution in [2.45, 2.75) is 40.2 Å². The van der Waals surface area contributed by atoms with E-state index in [0.29, 0.717) is 17.5 Å². The lowest BCUT2D eigenvalue weighted by Gasteiger charge is -2.37. The summed E-state index contributed by atoms with van der Waals surface area (Å²) in [6, 6.07) is 2.42. The van der Waals surface area contributed by atoms with Crippen molar-refractivity contribution in [3.05, 3.63) is 29.1 Å². The molecule has 1 aliphatic rings. The Balaban J connectivity index is 2.16. The van der Waals surface area contributed by atoms with Crippen LogP contribution in [0, 0.1) is 11.2 Å². The number of ketones is 1. The predicted octanol–water partition coefficient (Wildman–Crippen LogP) is 3.36. The number of benzene rings is 1. The van der Waals surface area contributed by atoms with Crippen molar-refractivity contribution in [1.29, 1.82) is 0 Å². The lowest BCUT2D eigenvalue weighted by Crippen LogP contribution is -2.36. The monoisotopic (exact) mass is 279 g/mol. The van der Waals surface area contributed by atoms with Crippen LogP contribution >= 0.6 is 0 Å². The molecule has 0 atom stereocenters. The largest absolute Gasteiger partial charge is 0.507 e. The maximum atomic E-state index is 13.6. The van der Waals surface area contributed by atoms with Gasteiger partial charge in [0, 0.05) is 12.1 Å². The van der Waals surface area contributed by atoms with E-state index in [1.807, 2.05) is 0 Å². The van der Waals surface area contributed by atoms with Crippen LogP contribution in [0.1, 0.15) is 49.5 Å². The van der Waals surface area contributed by atoms with Crippen LogP contribution in [-0.2, 0) is 6.54 Å². The van der Waals surface area contributed by atoms with Crippen LogP contribution in [0.25, 0.3) is 0 Å². The first kappa shape index (κ1) is 15.0. The van der Waals surface area contributed by atoms with Gasteiger partial charge in [-0.15, -0.1) is 0 Å². The van der Waals surface area contributed by atoms with E-state index < -0.39 is 5.82 Å². The highest BCUT2D eigenvalue weighted by Crippen LogP contribution is 2.32. The number of phenols is 1. The minimum Gasteiger partial charge on any atom is -0.507 e. The van der Waals surface area contributed by atoms with E-state index in [0.717, 1.165) is 32.0 Å². The molecule has 0 spiro atoms. The maximum absolute atomic E-state index is 13.6. The van der Waals surface area contributed by atoms with Crippen LogP contribution in [0.4, 0.5) is 4.39 Å². The molecule has 0 bridgehead atoms. The van der Waals surface area contributed by atoms with Gasteiger partial charge in [0.15, 0.2) is 5.78 Å². The molecule has 20 heavy (non-hydrogen) atoms. The van der Waals surface area contributed by atoms with Gasteiger partial charge in [-0.1, -0.05) is 13.8 Å². The van der Waals surface area contributed by atoms with E-state index in [9.17, 15) is 14.3 Å². The van der Waals surface area contributed by atoms with Gasteiger partial charge in [-0.2, -0.15) is 0 Å². The molecule has 1 saturated heterocycles. The fourth-order valence-corrected chi connectivity index (χ4v) is 2.60. The van der Waals surface area contributed by atoms with E-state index in [1.165, 1.54) is 13.0 Å². The lowest BCUT2D eigenvalue weighted by atomic mass is 9.82. The Labute approximate surface area is 119 Å². The number of nitrogens with zero attached hydrogens (tertiary/aromatic N) is 1. The molecule has 1 fully saturated rings. The summed E-state index contributed by atoms with van der Waals surface area (Å²) in [5.41, 5.74) is 0.914. The number of halogens is 1. The molecule has 1 N–H and O–H groups in total. The van der Waals surface area contributed by atoms with Gasteiger partial charge in [0.2, 0.25) is 0 Å². The fraction of sp³-hybridized carbons (Fsp3) is 0.562. The van der Waals surface area contributed by atoms with Crippen molar-refractivity contribution in [3.63, 3.8) is 0 Å². The summed E-state index contributed by atoms with van der Waals surface area (Å²) in [5, 5.41) is 10.1. The summed E-state index contributed by atoms with van der Waals surface area (Å²) in [6.45, 7) is 8.17. The number of Topliss-reactive ketones (excluding diaryl/α,β-unsaturated/α-hetero) is 1. The summed E-state index contributed by atoms with van der Waals surface area (Å²) >= 11 is 0. The van der Waals surface area contributed by atoms with Crippen molar-refractivity contribution in [2.24, 2.45) is 5.41 Å². The van der Waals surface area contributed by atoms with Crippen molar-refractivity contribution < 1.29 is 14.3 Å². The number of phenolic OH excluding ortho intramolecular Hbond substituents is 1. The average molecular weight is 279 g/mol. The molecule has 0 amide bonds. The lowest BCUT2D eigenvalue weighted by molar-refractivity contribution is 0.101. The van der Waals surface area contributed by atoms with Gasteiger partial charge in [-0.3, -0.25) is 9.69 Å². The van der Waals surface area contributed by atoms with Gasteiger partial charge >= 0.3 is 0 Å². The number of likely N-dealkylation sites (tertiary alicyclic amines) is 1. The molecule has 0 saturated carbocycles. The van der Waals surface area contributed by atoms with Crippen LogP contribution in [0.5, 0.6) is 5.75 Å². The standard InChI is InChI=1S/C16H22FNO2/c1-11(19)14-9-13(17)8-12(15(14)20)10-18-6-4-16(2,3)5-7-18/h8-9,20H,4-7,10H2,1-3H3. The van der Waals surface area contributed by atoms with E-state index in [1.54, 1.807) is 0 Å². The Kier molecular flexibility index (Phi) is 4.14. The molecule has 2 rings (SSSR count). The van der Waals surface area contributed by atoms with E-state index in [2.05, 4.69) is 18.7 Å². The molecule has 1 aromatic rings. The minimum atomic E-state index is -0.472. The first-order chi connectivity index (χ1) is 9.28. The Morgan fingerprint density at radius 2 is 1.95 bits per heavy atom. The first-order valence-electron chi connectivity index (χ1n) is 7.03. The number of hydrogen-bond acceptors (Lipinski definition) is 3. The highest BCUT2D eigenvalue weighted by molar-refractivity contribution is 5.97.